The minimum Gasteiger partial charge on any atom is -0.356 e. The molecule has 0 radical (unpaired) electrons. The predicted octanol–water partition coefficient (Wildman–Crippen LogP) is 4.26. The van der Waals surface area contributed by atoms with Crippen LogP contribution in [0.3, 0.4) is 0 Å². The van der Waals surface area contributed by atoms with Gasteiger partial charge in [0.25, 0.3) is 0 Å². The molecule has 2 aliphatic rings. The number of likely N-dealkylation sites (tertiary alicyclic amines) is 1. The van der Waals surface area contributed by atoms with Gasteiger partial charge >= 0.3 is 0 Å². The van der Waals surface area contributed by atoms with Crippen LogP contribution in [0.5, 0.6) is 0 Å². The molecule has 0 unspecified atom stereocenters. The molecule has 2 aromatic heterocycles. The summed E-state index contributed by atoms with van der Waals surface area (Å²) >= 11 is 1.78. The highest BCUT2D eigenvalue weighted by molar-refractivity contribution is 7.17. The van der Waals surface area contributed by atoms with Crippen molar-refractivity contribution >= 4 is 27.4 Å². The molecule has 2 saturated heterocycles. The minimum absolute atomic E-state index is 0.451. The van der Waals surface area contributed by atoms with Crippen molar-refractivity contribution < 1.29 is 0 Å². The lowest BCUT2D eigenvalue weighted by Gasteiger charge is -2.44. The Morgan fingerprint density at radius 1 is 1.16 bits per heavy atom. The molecule has 0 N–H and O–H groups in total. The van der Waals surface area contributed by atoms with E-state index in [0.29, 0.717) is 11.5 Å². The molecular formula is C20H30N4S. The van der Waals surface area contributed by atoms with Gasteiger partial charge in [0.1, 0.15) is 16.5 Å². The molecule has 0 amide bonds. The van der Waals surface area contributed by atoms with E-state index in [2.05, 4.69) is 36.1 Å². The predicted molar refractivity (Wildman–Crippen MR) is 107 cm³/mol. The van der Waals surface area contributed by atoms with Crippen molar-refractivity contribution in [3.8, 4) is 0 Å². The molecule has 25 heavy (non-hydrogen) atoms. The topological polar surface area (TPSA) is 32.3 Å². The largest absolute Gasteiger partial charge is 0.356 e. The Bertz CT molecular complexity index is 758. The molecule has 2 aromatic rings. The molecule has 4 rings (SSSR count). The van der Waals surface area contributed by atoms with E-state index in [-0.39, 0.29) is 0 Å². The zero-order valence-electron chi connectivity index (χ0n) is 16.0. The highest BCUT2D eigenvalue weighted by atomic mass is 32.1. The van der Waals surface area contributed by atoms with Crippen LogP contribution in [0.1, 0.15) is 50.9 Å². The first-order chi connectivity index (χ1) is 12.0. The maximum absolute atomic E-state index is 4.91. The van der Waals surface area contributed by atoms with Crippen molar-refractivity contribution in [1.29, 1.82) is 0 Å². The van der Waals surface area contributed by atoms with E-state index in [1.807, 2.05) is 6.92 Å². The van der Waals surface area contributed by atoms with E-state index >= 15 is 0 Å². The summed E-state index contributed by atoms with van der Waals surface area (Å²) in [5.74, 6) is 2.75. The van der Waals surface area contributed by atoms with Crippen LogP contribution < -0.4 is 4.90 Å². The summed E-state index contributed by atoms with van der Waals surface area (Å²) < 4.78 is 0. The van der Waals surface area contributed by atoms with Crippen LogP contribution in [0.25, 0.3) is 10.2 Å². The zero-order valence-corrected chi connectivity index (χ0v) is 16.8. The normalized spacial score (nSPS) is 21.1. The number of hydrogen-bond acceptors (Lipinski definition) is 5. The Labute approximate surface area is 155 Å². The standard InChI is InChI=1S/C20H30N4S/c1-14(2)12-16-13-25-19-17(16)18(21-15(3)22-19)24-10-7-20(8-11-24)6-5-9-23(20)4/h13-14H,5-12H2,1-4H3. The summed E-state index contributed by atoms with van der Waals surface area (Å²) in [6.45, 7) is 10.1. The highest BCUT2D eigenvalue weighted by Crippen LogP contribution is 2.40. The van der Waals surface area contributed by atoms with E-state index in [0.717, 1.165) is 30.2 Å². The van der Waals surface area contributed by atoms with E-state index in [9.17, 15) is 0 Å². The Kier molecular flexibility index (Phi) is 4.49. The third-order valence-corrected chi connectivity index (χ3v) is 7.09. The van der Waals surface area contributed by atoms with Gasteiger partial charge in [0.2, 0.25) is 0 Å². The summed E-state index contributed by atoms with van der Waals surface area (Å²) in [6, 6.07) is 0. The number of aryl methyl sites for hydroxylation is 1. The van der Waals surface area contributed by atoms with Gasteiger partial charge < -0.3 is 9.80 Å². The highest BCUT2D eigenvalue weighted by Gasteiger charge is 2.41. The van der Waals surface area contributed by atoms with Gasteiger partial charge in [-0.05, 0) is 69.5 Å². The fourth-order valence-electron chi connectivity index (χ4n) is 4.74. The van der Waals surface area contributed by atoms with Crippen LogP contribution >= 0.6 is 11.3 Å². The molecule has 0 saturated carbocycles. The van der Waals surface area contributed by atoms with Crippen LogP contribution in [-0.4, -0.2) is 47.1 Å². The van der Waals surface area contributed by atoms with Gasteiger partial charge in [0.05, 0.1) is 5.39 Å². The summed E-state index contributed by atoms with van der Waals surface area (Å²) in [5, 5.41) is 3.62. The van der Waals surface area contributed by atoms with E-state index in [1.54, 1.807) is 11.3 Å². The quantitative estimate of drug-likeness (QED) is 0.820. The molecule has 0 atom stereocenters. The lowest BCUT2D eigenvalue weighted by Crippen LogP contribution is -2.51. The van der Waals surface area contributed by atoms with Crippen molar-refractivity contribution in [2.75, 3.05) is 31.6 Å². The summed E-state index contributed by atoms with van der Waals surface area (Å²) in [6.07, 6.45) is 6.36. The van der Waals surface area contributed by atoms with Gasteiger partial charge in [-0.2, -0.15) is 0 Å². The number of nitrogens with zero attached hydrogens (tertiary/aromatic N) is 4. The Hall–Kier alpha value is -1.20. The number of fused-ring (bicyclic) bond motifs is 1. The molecule has 4 heterocycles. The van der Waals surface area contributed by atoms with Gasteiger partial charge in [0, 0.05) is 18.6 Å². The average Bonchev–Trinajstić information content (AvgIpc) is 3.12. The number of hydrogen-bond donors (Lipinski definition) is 0. The van der Waals surface area contributed by atoms with Gasteiger partial charge in [-0.15, -0.1) is 11.3 Å². The Morgan fingerprint density at radius 2 is 1.92 bits per heavy atom. The molecule has 2 fully saturated rings. The molecule has 0 bridgehead atoms. The SMILES string of the molecule is Cc1nc(N2CCC3(CCCN3C)CC2)c2c(CC(C)C)csc2n1. The van der Waals surface area contributed by atoms with E-state index < -0.39 is 0 Å². The van der Waals surface area contributed by atoms with Crippen LogP contribution in [0, 0.1) is 12.8 Å². The van der Waals surface area contributed by atoms with Crippen LogP contribution in [0.2, 0.25) is 0 Å². The lowest BCUT2D eigenvalue weighted by molar-refractivity contribution is 0.137. The summed E-state index contributed by atoms with van der Waals surface area (Å²) in [5.41, 5.74) is 1.89. The average molecular weight is 359 g/mol. The number of rotatable bonds is 3. The smallest absolute Gasteiger partial charge is 0.141 e. The second kappa shape index (κ2) is 6.51. The molecule has 5 heteroatoms. The molecule has 0 aromatic carbocycles. The maximum Gasteiger partial charge on any atom is 0.141 e. The van der Waals surface area contributed by atoms with E-state index in [4.69, 9.17) is 9.97 Å². The number of aromatic nitrogens is 2. The number of thiophene rings is 1. The second-order valence-electron chi connectivity index (χ2n) is 8.37. The van der Waals surface area contributed by atoms with Crippen molar-refractivity contribution in [3.05, 3.63) is 16.8 Å². The zero-order chi connectivity index (χ0) is 17.6. The fraction of sp³-hybridized carbons (Fsp3) is 0.700. The summed E-state index contributed by atoms with van der Waals surface area (Å²) in [4.78, 5) is 15.9. The van der Waals surface area contributed by atoms with Crippen LogP contribution in [-0.2, 0) is 6.42 Å². The third kappa shape index (κ3) is 3.06. The maximum atomic E-state index is 4.91. The third-order valence-electron chi connectivity index (χ3n) is 6.17. The second-order valence-corrected chi connectivity index (χ2v) is 9.23. The molecular weight excluding hydrogens is 328 g/mol. The van der Waals surface area contributed by atoms with Crippen molar-refractivity contribution in [2.45, 2.75) is 58.4 Å². The monoisotopic (exact) mass is 358 g/mol. The Balaban J connectivity index is 1.66. The number of piperidine rings is 1. The van der Waals surface area contributed by atoms with Gasteiger partial charge in [-0.1, -0.05) is 13.8 Å². The van der Waals surface area contributed by atoms with Gasteiger partial charge in [-0.3, -0.25) is 0 Å². The van der Waals surface area contributed by atoms with Crippen molar-refractivity contribution in [2.24, 2.45) is 5.92 Å². The fourth-order valence-corrected chi connectivity index (χ4v) is 5.74. The minimum atomic E-state index is 0.451. The lowest BCUT2D eigenvalue weighted by atomic mass is 9.85. The van der Waals surface area contributed by atoms with E-state index in [1.165, 1.54) is 49.0 Å². The molecule has 0 aliphatic carbocycles. The molecule has 4 nitrogen and oxygen atoms in total. The van der Waals surface area contributed by atoms with Crippen LogP contribution in [0.15, 0.2) is 5.38 Å². The molecule has 2 aliphatic heterocycles. The number of anilines is 1. The first kappa shape index (κ1) is 17.2. The van der Waals surface area contributed by atoms with Gasteiger partial charge in [-0.25, -0.2) is 9.97 Å². The first-order valence-electron chi connectivity index (χ1n) is 9.69. The molecule has 136 valence electrons. The van der Waals surface area contributed by atoms with Crippen molar-refractivity contribution in [1.82, 2.24) is 14.9 Å². The Morgan fingerprint density at radius 3 is 2.56 bits per heavy atom. The van der Waals surface area contributed by atoms with Gasteiger partial charge in [0.15, 0.2) is 0 Å². The summed E-state index contributed by atoms with van der Waals surface area (Å²) in [7, 11) is 2.31. The molecule has 1 spiro atoms. The van der Waals surface area contributed by atoms with Crippen molar-refractivity contribution in [3.63, 3.8) is 0 Å². The van der Waals surface area contributed by atoms with Crippen LogP contribution in [0.4, 0.5) is 5.82 Å². The first-order valence-corrected chi connectivity index (χ1v) is 10.6.